The number of alkyl halides is 2. The van der Waals surface area contributed by atoms with E-state index in [4.69, 9.17) is 4.74 Å². The second-order valence-electron chi connectivity index (χ2n) is 5.73. The summed E-state index contributed by atoms with van der Waals surface area (Å²) in [5, 5.41) is 10.8. The average molecular weight is 388 g/mol. The number of rotatable bonds is 8. The first-order valence-corrected chi connectivity index (χ1v) is 8.53. The van der Waals surface area contributed by atoms with Gasteiger partial charge in [-0.25, -0.2) is 0 Å². The fourth-order valence-electron chi connectivity index (χ4n) is 2.45. The zero-order valence-electron chi connectivity index (χ0n) is 15.0. The van der Waals surface area contributed by atoms with Gasteiger partial charge in [-0.2, -0.15) is 8.78 Å². The zero-order chi connectivity index (χ0) is 19.9. The molecule has 2 N–H and O–H groups in total. The summed E-state index contributed by atoms with van der Waals surface area (Å²) in [6.07, 6.45) is 0.328. The molecule has 0 atom stereocenters. The van der Waals surface area contributed by atoms with Crippen molar-refractivity contribution >= 4 is 11.6 Å². The maximum atomic E-state index is 12.3. The van der Waals surface area contributed by atoms with Gasteiger partial charge in [0, 0.05) is 12.1 Å². The van der Waals surface area contributed by atoms with E-state index in [0.717, 1.165) is 11.3 Å². The summed E-state index contributed by atoms with van der Waals surface area (Å²) in [5.41, 5.74) is 1.34. The molecule has 2 aromatic carbocycles. The average Bonchev–Trinajstić information content (AvgIpc) is 2.67. The minimum atomic E-state index is -2.89. The van der Waals surface area contributed by atoms with Crippen molar-refractivity contribution in [3.63, 3.8) is 0 Å². The predicted molar refractivity (Wildman–Crippen MR) is 99.4 cm³/mol. The Morgan fingerprint density at radius 3 is 2.32 bits per heavy atom. The first-order chi connectivity index (χ1) is 13.5. The molecule has 1 aromatic heterocycles. The molecular weight excluding hydrogens is 370 g/mol. The molecule has 0 aliphatic rings. The number of nitrogens with one attached hydrogen (secondary N) is 2. The van der Waals surface area contributed by atoms with Crippen molar-refractivity contribution in [1.29, 1.82) is 0 Å². The van der Waals surface area contributed by atoms with Crippen LogP contribution in [0.5, 0.6) is 11.5 Å². The van der Waals surface area contributed by atoms with Gasteiger partial charge in [-0.15, -0.1) is 10.2 Å². The number of aromatic amines is 1. The Labute approximate surface area is 159 Å². The van der Waals surface area contributed by atoms with E-state index >= 15 is 0 Å². The molecule has 9 heteroatoms. The summed E-state index contributed by atoms with van der Waals surface area (Å²) in [5.74, 6) is 0.935. The monoisotopic (exact) mass is 388 g/mol. The molecule has 0 amide bonds. The third-order valence-electron chi connectivity index (χ3n) is 3.71. The van der Waals surface area contributed by atoms with E-state index in [1.165, 1.54) is 24.3 Å². The van der Waals surface area contributed by atoms with E-state index < -0.39 is 6.61 Å². The van der Waals surface area contributed by atoms with Gasteiger partial charge in [0.05, 0.1) is 6.61 Å². The highest BCUT2D eigenvalue weighted by Crippen LogP contribution is 2.19. The van der Waals surface area contributed by atoms with Gasteiger partial charge in [0.1, 0.15) is 17.2 Å². The van der Waals surface area contributed by atoms with Crippen LogP contribution in [0.15, 0.2) is 53.3 Å². The van der Waals surface area contributed by atoms with Gasteiger partial charge in [-0.05, 0) is 48.9 Å². The van der Waals surface area contributed by atoms with Crippen LogP contribution < -0.4 is 20.3 Å². The Balaban J connectivity index is 1.65. The van der Waals surface area contributed by atoms with Gasteiger partial charge >= 0.3 is 6.61 Å². The van der Waals surface area contributed by atoms with E-state index in [1.807, 2.05) is 31.2 Å². The number of hydrogen-bond donors (Lipinski definition) is 2. The molecule has 0 unspecified atom stereocenters. The molecule has 0 aliphatic carbocycles. The number of nitrogens with zero attached hydrogens (tertiary/aromatic N) is 2. The molecule has 146 valence electrons. The lowest BCUT2D eigenvalue weighted by molar-refractivity contribution is -0.0498. The smallest absolute Gasteiger partial charge is 0.387 e. The number of aromatic nitrogens is 3. The third-order valence-corrected chi connectivity index (χ3v) is 3.71. The Morgan fingerprint density at radius 1 is 1.04 bits per heavy atom. The SMILES string of the molecule is CCOc1ccc(Cc2nnc(Nc3ccc(OC(F)F)cc3)[nH]c2=O)cc1. The van der Waals surface area contributed by atoms with Crippen LogP contribution in [-0.2, 0) is 6.42 Å². The Morgan fingerprint density at radius 2 is 1.71 bits per heavy atom. The van der Waals surface area contributed by atoms with Crippen molar-refractivity contribution in [3.8, 4) is 11.5 Å². The first kappa shape index (κ1) is 19.3. The standard InChI is InChI=1S/C19H18F2N4O3/c1-2-27-14-7-3-12(4-8-14)11-16-17(26)23-19(25-24-16)22-13-5-9-15(10-6-13)28-18(20)21/h3-10,18H,2,11H2,1H3,(H2,22,23,25,26). The van der Waals surface area contributed by atoms with Crippen LogP contribution in [0, 0.1) is 0 Å². The molecule has 3 aromatic rings. The molecule has 7 nitrogen and oxygen atoms in total. The van der Waals surface area contributed by atoms with Gasteiger partial charge in [0.15, 0.2) is 0 Å². The summed E-state index contributed by atoms with van der Waals surface area (Å²) in [7, 11) is 0. The molecule has 0 bridgehead atoms. The summed E-state index contributed by atoms with van der Waals surface area (Å²) < 4.78 is 34.0. The van der Waals surface area contributed by atoms with E-state index in [-0.39, 0.29) is 23.0 Å². The van der Waals surface area contributed by atoms with Crippen LogP contribution in [0.4, 0.5) is 20.4 Å². The van der Waals surface area contributed by atoms with Crippen molar-refractivity contribution in [1.82, 2.24) is 15.2 Å². The maximum absolute atomic E-state index is 12.3. The third kappa shape index (κ3) is 5.26. The second kappa shape index (κ2) is 8.94. The van der Waals surface area contributed by atoms with Crippen LogP contribution in [0.1, 0.15) is 18.2 Å². The van der Waals surface area contributed by atoms with Gasteiger partial charge in [-0.3, -0.25) is 9.78 Å². The minimum Gasteiger partial charge on any atom is -0.494 e. The fraction of sp³-hybridized carbons (Fsp3) is 0.211. The van der Waals surface area contributed by atoms with Gasteiger partial charge in [0.25, 0.3) is 5.56 Å². The lowest BCUT2D eigenvalue weighted by atomic mass is 10.1. The largest absolute Gasteiger partial charge is 0.494 e. The number of halogens is 2. The number of ether oxygens (including phenoxy) is 2. The highest BCUT2D eigenvalue weighted by Gasteiger charge is 2.08. The normalized spacial score (nSPS) is 10.7. The number of benzene rings is 2. The topological polar surface area (TPSA) is 89.1 Å². The van der Waals surface area contributed by atoms with E-state index in [1.54, 1.807) is 0 Å². The van der Waals surface area contributed by atoms with Gasteiger partial charge in [-0.1, -0.05) is 12.1 Å². The van der Waals surface area contributed by atoms with Crippen molar-refractivity contribution in [2.75, 3.05) is 11.9 Å². The molecule has 0 saturated heterocycles. The molecule has 0 saturated carbocycles. The molecule has 0 fully saturated rings. The van der Waals surface area contributed by atoms with Crippen LogP contribution in [-0.4, -0.2) is 28.4 Å². The van der Waals surface area contributed by atoms with Gasteiger partial charge in [0.2, 0.25) is 5.95 Å². The van der Waals surface area contributed by atoms with Gasteiger partial charge < -0.3 is 14.8 Å². The number of anilines is 2. The summed E-state index contributed by atoms with van der Waals surface area (Å²) in [6.45, 7) is -0.394. The lowest BCUT2D eigenvalue weighted by Crippen LogP contribution is -2.18. The summed E-state index contributed by atoms with van der Waals surface area (Å²) in [4.78, 5) is 14.9. The van der Waals surface area contributed by atoms with Crippen molar-refractivity contribution < 1.29 is 18.3 Å². The lowest BCUT2D eigenvalue weighted by Gasteiger charge is -2.08. The van der Waals surface area contributed by atoms with Crippen LogP contribution in [0.25, 0.3) is 0 Å². The Bertz CT molecular complexity index is 960. The highest BCUT2D eigenvalue weighted by molar-refractivity contribution is 5.54. The molecule has 3 rings (SSSR count). The van der Waals surface area contributed by atoms with E-state index in [2.05, 4.69) is 25.2 Å². The van der Waals surface area contributed by atoms with Crippen molar-refractivity contribution in [3.05, 3.63) is 70.1 Å². The van der Waals surface area contributed by atoms with Crippen LogP contribution >= 0.6 is 0 Å². The van der Waals surface area contributed by atoms with Crippen molar-refractivity contribution in [2.45, 2.75) is 20.0 Å². The number of H-pyrrole nitrogens is 1. The fourth-order valence-corrected chi connectivity index (χ4v) is 2.45. The molecule has 0 spiro atoms. The predicted octanol–water partition coefficient (Wildman–Crippen LogP) is 3.50. The molecule has 0 radical (unpaired) electrons. The molecule has 0 aliphatic heterocycles. The van der Waals surface area contributed by atoms with E-state index in [0.29, 0.717) is 18.7 Å². The number of hydrogen-bond acceptors (Lipinski definition) is 6. The molecule has 1 heterocycles. The summed E-state index contributed by atoms with van der Waals surface area (Å²) in [6, 6.07) is 13.2. The quantitative estimate of drug-likeness (QED) is 0.614. The Hall–Kier alpha value is -3.49. The zero-order valence-corrected chi connectivity index (χ0v) is 15.0. The van der Waals surface area contributed by atoms with E-state index in [9.17, 15) is 13.6 Å². The summed E-state index contributed by atoms with van der Waals surface area (Å²) >= 11 is 0. The van der Waals surface area contributed by atoms with Crippen molar-refractivity contribution in [2.24, 2.45) is 0 Å². The van der Waals surface area contributed by atoms with Crippen LogP contribution in [0.2, 0.25) is 0 Å². The first-order valence-electron chi connectivity index (χ1n) is 8.53. The highest BCUT2D eigenvalue weighted by atomic mass is 19.3. The minimum absolute atomic E-state index is 0.0332. The maximum Gasteiger partial charge on any atom is 0.387 e. The Kier molecular flexibility index (Phi) is 6.15. The molecular formula is C19H18F2N4O3. The molecule has 28 heavy (non-hydrogen) atoms. The second-order valence-corrected chi connectivity index (χ2v) is 5.73. The van der Waals surface area contributed by atoms with Crippen LogP contribution in [0.3, 0.4) is 0 Å².